The Morgan fingerprint density at radius 2 is 1.92 bits per heavy atom. The first-order chi connectivity index (χ1) is 12.3. The lowest BCUT2D eigenvalue weighted by Gasteiger charge is -2.33. The molecule has 0 aromatic heterocycles. The van der Waals surface area contributed by atoms with Gasteiger partial charge >= 0.3 is 0 Å². The van der Waals surface area contributed by atoms with Crippen LogP contribution in [0.2, 0.25) is 0 Å². The molecule has 2 aromatic rings. The number of carbonyl (C=O) groups excluding carboxylic acids is 2. The van der Waals surface area contributed by atoms with Gasteiger partial charge in [0.2, 0.25) is 5.91 Å². The summed E-state index contributed by atoms with van der Waals surface area (Å²) in [6, 6.07) is 14.7. The third kappa shape index (κ3) is 3.44. The van der Waals surface area contributed by atoms with Gasteiger partial charge in [0, 0.05) is 18.3 Å². The van der Waals surface area contributed by atoms with E-state index in [1.54, 1.807) is 19.2 Å². The van der Waals surface area contributed by atoms with E-state index in [1.165, 1.54) is 4.90 Å². The first kappa shape index (κ1) is 17.7. The highest BCUT2D eigenvalue weighted by Crippen LogP contribution is 2.34. The molecule has 0 saturated heterocycles. The molecule has 3 rings (SSSR count). The van der Waals surface area contributed by atoms with Crippen LogP contribution >= 0.6 is 0 Å². The van der Waals surface area contributed by atoms with Crippen molar-refractivity contribution in [3.8, 4) is 0 Å². The Bertz CT molecular complexity index is 889. The van der Waals surface area contributed by atoms with Gasteiger partial charge in [0.15, 0.2) is 5.96 Å². The van der Waals surface area contributed by atoms with E-state index in [0.29, 0.717) is 11.3 Å². The number of hydrogen-bond donors (Lipinski definition) is 2. The molecule has 0 saturated carbocycles. The number of rotatable bonds is 3. The third-order valence-corrected chi connectivity index (χ3v) is 4.63. The van der Waals surface area contributed by atoms with Crippen molar-refractivity contribution in [2.75, 3.05) is 12.4 Å². The van der Waals surface area contributed by atoms with Gasteiger partial charge in [-0.1, -0.05) is 29.8 Å². The fourth-order valence-electron chi connectivity index (χ4n) is 2.91. The number of hydrogen-bond acceptors (Lipinski definition) is 4. The molecule has 2 aromatic carbocycles. The number of amides is 2. The van der Waals surface area contributed by atoms with Gasteiger partial charge in [-0.2, -0.15) is 0 Å². The summed E-state index contributed by atoms with van der Waals surface area (Å²) in [4.78, 5) is 30.4. The highest BCUT2D eigenvalue weighted by Gasteiger charge is 2.36. The van der Waals surface area contributed by atoms with E-state index < -0.39 is 5.54 Å². The van der Waals surface area contributed by atoms with Crippen LogP contribution in [0.1, 0.15) is 34.8 Å². The average Bonchev–Trinajstić information content (AvgIpc) is 2.60. The standard InChI is InChI=1S/C20H22N4O2/c1-13-7-9-14(10-8-13)18(26)22-16-6-4-5-15(11-16)20(2)12-17(25)24(3)19(21)23-20/h4-11H,12H2,1-3H3,(H2,21,23)(H,22,26)/t20-/m0/s1. The minimum atomic E-state index is -0.752. The van der Waals surface area contributed by atoms with Crippen LogP contribution in [0, 0.1) is 6.92 Å². The molecule has 1 heterocycles. The van der Waals surface area contributed by atoms with Gasteiger partial charge in [0.25, 0.3) is 5.91 Å². The summed E-state index contributed by atoms with van der Waals surface area (Å²) in [6.45, 7) is 3.84. The zero-order valence-electron chi connectivity index (χ0n) is 15.1. The molecule has 1 aliphatic rings. The van der Waals surface area contributed by atoms with Crippen LogP contribution in [-0.4, -0.2) is 29.7 Å². The van der Waals surface area contributed by atoms with Gasteiger partial charge in [0.05, 0.1) is 12.0 Å². The van der Waals surface area contributed by atoms with Crippen LogP contribution in [0.25, 0.3) is 0 Å². The molecule has 1 atom stereocenters. The van der Waals surface area contributed by atoms with Gasteiger partial charge < -0.3 is 11.1 Å². The molecule has 3 N–H and O–H groups in total. The SMILES string of the molecule is Cc1ccc(C(=O)Nc2cccc([C@]3(C)CC(=O)N(C)C(N)=N3)c2)cc1. The quantitative estimate of drug-likeness (QED) is 0.892. The minimum absolute atomic E-state index is 0.0888. The Hall–Kier alpha value is -3.15. The summed E-state index contributed by atoms with van der Waals surface area (Å²) in [5.74, 6) is -0.0817. The number of carbonyl (C=O) groups is 2. The molecule has 0 bridgehead atoms. The van der Waals surface area contributed by atoms with E-state index in [4.69, 9.17) is 5.73 Å². The summed E-state index contributed by atoms with van der Waals surface area (Å²) in [5.41, 5.74) is 8.28. The number of nitrogens with two attached hydrogens (primary N) is 1. The summed E-state index contributed by atoms with van der Waals surface area (Å²) in [7, 11) is 1.61. The number of nitrogens with zero attached hydrogens (tertiary/aromatic N) is 2. The topological polar surface area (TPSA) is 87.8 Å². The monoisotopic (exact) mass is 350 g/mol. The highest BCUT2D eigenvalue weighted by atomic mass is 16.2. The maximum Gasteiger partial charge on any atom is 0.255 e. The Balaban J connectivity index is 1.85. The number of aryl methyl sites for hydroxylation is 1. The van der Waals surface area contributed by atoms with E-state index in [-0.39, 0.29) is 24.2 Å². The molecule has 26 heavy (non-hydrogen) atoms. The molecule has 0 aliphatic carbocycles. The van der Waals surface area contributed by atoms with Crippen molar-refractivity contribution in [1.82, 2.24) is 4.90 Å². The van der Waals surface area contributed by atoms with Gasteiger partial charge in [0.1, 0.15) is 0 Å². The lowest BCUT2D eigenvalue weighted by Crippen LogP contribution is -2.47. The van der Waals surface area contributed by atoms with E-state index in [2.05, 4.69) is 10.3 Å². The summed E-state index contributed by atoms with van der Waals surface area (Å²) in [6.07, 6.45) is 0.222. The first-order valence-corrected chi connectivity index (χ1v) is 8.39. The molecule has 0 unspecified atom stereocenters. The van der Waals surface area contributed by atoms with Crippen LogP contribution < -0.4 is 11.1 Å². The minimum Gasteiger partial charge on any atom is -0.369 e. The molecule has 2 amide bonds. The van der Waals surface area contributed by atoms with Crippen molar-refractivity contribution in [2.45, 2.75) is 25.8 Å². The van der Waals surface area contributed by atoms with Crippen molar-refractivity contribution >= 4 is 23.5 Å². The van der Waals surface area contributed by atoms with Crippen LogP contribution in [0.15, 0.2) is 53.5 Å². The molecular weight excluding hydrogens is 328 g/mol. The number of anilines is 1. The first-order valence-electron chi connectivity index (χ1n) is 8.39. The Morgan fingerprint density at radius 3 is 2.58 bits per heavy atom. The van der Waals surface area contributed by atoms with Crippen molar-refractivity contribution in [3.05, 3.63) is 65.2 Å². The van der Waals surface area contributed by atoms with Crippen molar-refractivity contribution in [3.63, 3.8) is 0 Å². The van der Waals surface area contributed by atoms with Crippen LogP contribution in [0.3, 0.4) is 0 Å². The molecule has 0 spiro atoms. The molecule has 0 radical (unpaired) electrons. The van der Waals surface area contributed by atoms with Gasteiger partial charge in [-0.25, -0.2) is 4.99 Å². The average molecular weight is 350 g/mol. The van der Waals surface area contributed by atoms with Gasteiger partial charge in [-0.15, -0.1) is 0 Å². The fourth-order valence-corrected chi connectivity index (χ4v) is 2.91. The Labute approximate surface area is 152 Å². The summed E-state index contributed by atoms with van der Waals surface area (Å²) >= 11 is 0. The third-order valence-electron chi connectivity index (χ3n) is 4.63. The lowest BCUT2D eigenvalue weighted by molar-refractivity contribution is -0.128. The number of nitrogens with one attached hydrogen (secondary N) is 1. The number of benzene rings is 2. The highest BCUT2D eigenvalue weighted by molar-refractivity contribution is 6.04. The van der Waals surface area contributed by atoms with Crippen molar-refractivity contribution in [1.29, 1.82) is 0 Å². The van der Waals surface area contributed by atoms with E-state index >= 15 is 0 Å². The van der Waals surface area contributed by atoms with E-state index in [1.807, 2.05) is 50.2 Å². The van der Waals surface area contributed by atoms with E-state index in [9.17, 15) is 9.59 Å². The summed E-state index contributed by atoms with van der Waals surface area (Å²) < 4.78 is 0. The number of guanidine groups is 1. The molecule has 6 heteroatoms. The lowest BCUT2D eigenvalue weighted by atomic mass is 9.87. The van der Waals surface area contributed by atoms with Crippen LogP contribution in [-0.2, 0) is 10.3 Å². The maximum absolute atomic E-state index is 12.4. The largest absolute Gasteiger partial charge is 0.369 e. The number of aliphatic imine (C=N–C) groups is 1. The normalized spacial score (nSPS) is 19.9. The second-order valence-electron chi connectivity index (χ2n) is 6.77. The predicted molar refractivity (Wildman–Crippen MR) is 102 cm³/mol. The molecule has 134 valence electrons. The maximum atomic E-state index is 12.4. The zero-order valence-corrected chi connectivity index (χ0v) is 15.1. The zero-order chi connectivity index (χ0) is 18.9. The van der Waals surface area contributed by atoms with Crippen molar-refractivity contribution in [2.24, 2.45) is 10.7 Å². The van der Waals surface area contributed by atoms with Gasteiger partial charge in [-0.05, 0) is 43.7 Å². The van der Waals surface area contributed by atoms with Gasteiger partial charge in [-0.3, -0.25) is 14.5 Å². The second kappa shape index (κ2) is 6.63. The predicted octanol–water partition coefficient (Wildman–Crippen LogP) is 2.64. The van der Waals surface area contributed by atoms with E-state index in [0.717, 1.165) is 11.1 Å². The Morgan fingerprint density at radius 1 is 1.23 bits per heavy atom. The smallest absolute Gasteiger partial charge is 0.255 e. The molecule has 0 fully saturated rings. The van der Waals surface area contributed by atoms with Crippen LogP contribution in [0.5, 0.6) is 0 Å². The van der Waals surface area contributed by atoms with Crippen molar-refractivity contribution < 1.29 is 9.59 Å². The Kier molecular flexibility index (Phi) is 4.50. The molecule has 1 aliphatic heterocycles. The summed E-state index contributed by atoms with van der Waals surface area (Å²) in [5, 5.41) is 2.89. The molecule has 6 nitrogen and oxygen atoms in total. The fraction of sp³-hybridized carbons (Fsp3) is 0.250. The van der Waals surface area contributed by atoms with Crippen LogP contribution in [0.4, 0.5) is 5.69 Å². The second-order valence-corrected chi connectivity index (χ2v) is 6.77. The molecular formula is C20H22N4O2.